The fourth-order valence-electron chi connectivity index (χ4n) is 1.74. The molecule has 5 nitrogen and oxygen atoms in total. The maximum absolute atomic E-state index is 13.7. The van der Waals surface area contributed by atoms with Gasteiger partial charge in [0.15, 0.2) is 0 Å². The summed E-state index contributed by atoms with van der Waals surface area (Å²) < 4.78 is 47.8. The fraction of sp³-hybridized carbons (Fsp3) is 0.133. The van der Waals surface area contributed by atoms with E-state index in [-0.39, 0.29) is 12.2 Å². The topological polar surface area (TPSA) is 69.7 Å². The highest BCUT2D eigenvalue weighted by Gasteiger charge is 2.22. The highest BCUT2D eigenvalue weighted by molar-refractivity contribution is 9.10. The van der Waals surface area contributed by atoms with E-state index in [1.54, 1.807) is 0 Å². The lowest BCUT2D eigenvalue weighted by Crippen LogP contribution is -2.12. The Balaban J connectivity index is 2.20. The summed E-state index contributed by atoms with van der Waals surface area (Å²) in [6, 6.07) is 9.35. The molecule has 2 aromatic carbocycles. The van der Waals surface area contributed by atoms with Crippen LogP contribution in [0.4, 0.5) is 4.39 Å². The molecule has 0 aliphatic carbocycles. The van der Waals surface area contributed by atoms with Crippen LogP contribution in [-0.2, 0) is 26.1 Å². The molecule has 23 heavy (non-hydrogen) atoms. The van der Waals surface area contributed by atoms with Crippen LogP contribution in [0.1, 0.15) is 5.56 Å². The number of halogens is 2. The van der Waals surface area contributed by atoms with Gasteiger partial charge in [0.1, 0.15) is 16.5 Å². The number of esters is 1. The summed E-state index contributed by atoms with van der Waals surface area (Å²) in [6.45, 7) is 0. The van der Waals surface area contributed by atoms with Gasteiger partial charge in [0.05, 0.1) is 13.5 Å². The van der Waals surface area contributed by atoms with E-state index in [1.807, 2.05) is 0 Å². The quantitative estimate of drug-likeness (QED) is 0.567. The monoisotopic (exact) mass is 402 g/mol. The Morgan fingerprint density at radius 3 is 2.43 bits per heavy atom. The van der Waals surface area contributed by atoms with Crippen LogP contribution in [0.15, 0.2) is 51.8 Å². The van der Waals surface area contributed by atoms with E-state index in [2.05, 4.69) is 20.7 Å². The summed E-state index contributed by atoms with van der Waals surface area (Å²) in [5.74, 6) is -1.31. The number of methoxy groups -OCH3 is 1. The minimum Gasteiger partial charge on any atom is -0.469 e. The summed E-state index contributed by atoms with van der Waals surface area (Å²) in [5, 5.41) is 0. The summed E-state index contributed by atoms with van der Waals surface area (Å²) in [6.07, 6.45) is 0.0593. The number of benzene rings is 2. The molecule has 0 N–H and O–H groups in total. The van der Waals surface area contributed by atoms with Gasteiger partial charge in [-0.3, -0.25) is 4.79 Å². The minimum atomic E-state index is -4.30. The average molecular weight is 403 g/mol. The Hall–Kier alpha value is -1.93. The Kier molecular flexibility index (Phi) is 5.38. The first-order valence-electron chi connectivity index (χ1n) is 6.37. The summed E-state index contributed by atoms with van der Waals surface area (Å²) in [4.78, 5) is 10.6. The molecule has 0 unspecified atom stereocenters. The minimum absolute atomic E-state index is 0.0120. The standard InChI is InChI=1S/C15H12BrFO5S/c1-21-15(18)8-10-2-5-12(6-3-10)22-23(19,20)14-9-11(16)4-7-13(14)17/h2-7,9H,8H2,1H3. The van der Waals surface area contributed by atoms with Crippen LogP contribution >= 0.6 is 15.9 Å². The van der Waals surface area contributed by atoms with Crippen molar-refractivity contribution in [1.82, 2.24) is 0 Å². The maximum atomic E-state index is 13.7. The zero-order valence-electron chi connectivity index (χ0n) is 12.0. The summed E-state index contributed by atoms with van der Waals surface area (Å²) in [7, 11) is -3.03. The van der Waals surface area contributed by atoms with Crippen molar-refractivity contribution < 1.29 is 26.5 Å². The second kappa shape index (κ2) is 7.10. The lowest BCUT2D eigenvalue weighted by molar-refractivity contribution is -0.139. The van der Waals surface area contributed by atoms with Crippen LogP contribution in [0, 0.1) is 5.82 Å². The van der Waals surface area contributed by atoms with Crippen molar-refractivity contribution in [3.8, 4) is 5.75 Å². The molecule has 0 fully saturated rings. The zero-order chi connectivity index (χ0) is 17.0. The molecule has 0 saturated heterocycles. The van der Waals surface area contributed by atoms with Crippen LogP contribution in [0.25, 0.3) is 0 Å². The molecule has 2 aromatic rings. The van der Waals surface area contributed by atoms with Gasteiger partial charge < -0.3 is 8.92 Å². The molecule has 0 aliphatic rings. The molecular weight excluding hydrogens is 391 g/mol. The van der Waals surface area contributed by atoms with Gasteiger partial charge in [-0.2, -0.15) is 8.42 Å². The molecule has 0 saturated carbocycles. The summed E-state index contributed by atoms with van der Waals surface area (Å²) >= 11 is 3.08. The number of carbonyl (C=O) groups excluding carboxylic acids is 1. The molecule has 0 atom stereocenters. The van der Waals surface area contributed by atoms with E-state index in [0.717, 1.165) is 12.1 Å². The first kappa shape index (κ1) is 17.4. The van der Waals surface area contributed by atoms with Gasteiger partial charge in [-0.05, 0) is 35.9 Å². The predicted molar refractivity (Wildman–Crippen MR) is 84.1 cm³/mol. The lowest BCUT2D eigenvalue weighted by Gasteiger charge is -2.09. The third kappa shape index (κ3) is 4.52. The van der Waals surface area contributed by atoms with E-state index in [1.165, 1.54) is 37.4 Å². The second-order valence-electron chi connectivity index (χ2n) is 4.51. The van der Waals surface area contributed by atoms with Crippen molar-refractivity contribution in [2.75, 3.05) is 7.11 Å². The van der Waals surface area contributed by atoms with Crippen molar-refractivity contribution in [3.05, 3.63) is 58.3 Å². The van der Waals surface area contributed by atoms with Crippen molar-refractivity contribution in [2.24, 2.45) is 0 Å². The molecule has 122 valence electrons. The van der Waals surface area contributed by atoms with Gasteiger partial charge in [0, 0.05) is 4.47 Å². The fourth-order valence-corrected chi connectivity index (χ4v) is 3.29. The number of ether oxygens (including phenoxy) is 1. The first-order valence-corrected chi connectivity index (χ1v) is 8.57. The van der Waals surface area contributed by atoms with Crippen molar-refractivity contribution in [1.29, 1.82) is 0 Å². The van der Waals surface area contributed by atoms with Crippen molar-refractivity contribution in [2.45, 2.75) is 11.3 Å². The largest absolute Gasteiger partial charge is 0.469 e. The van der Waals surface area contributed by atoms with E-state index < -0.39 is 26.8 Å². The molecule has 0 amide bonds. The first-order chi connectivity index (χ1) is 10.8. The SMILES string of the molecule is COC(=O)Cc1ccc(OS(=O)(=O)c2cc(Br)ccc2F)cc1. The van der Waals surface area contributed by atoms with Gasteiger partial charge >= 0.3 is 16.1 Å². The molecule has 0 spiro atoms. The third-order valence-electron chi connectivity index (χ3n) is 2.87. The Morgan fingerprint density at radius 1 is 1.17 bits per heavy atom. The normalized spacial score (nSPS) is 11.1. The van der Waals surface area contributed by atoms with E-state index in [4.69, 9.17) is 4.18 Å². The maximum Gasteiger partial charge on any atom is 0.342 e. The Bertz CT molecular complexity index is 818. The molecule has 2 rings (SSSR count). The highest BCUT2D eigenvalue weighted by Crippen LogP contribution is 2.24. The molecule has 8 heteroatoms. The smallest absolute Gasteiger partial charge is 0.342 e. The van der Waals surface area contributed by atoms with Gasteiger partial charge in [-0.25, -0.2) is 4.39 Å². The number of hydrogen-bond donors (Lipinski definition) is 0. The van der Waals surface area contributed by atoms with Crippen LogP contribution in [-0.4, -0.2) is 21.5 Å². The number of carbonyl (C=O) groups is 1. The second-order valence-corrected chi connectivity index (χ2v) is 6.94. The Labute approximate surface area is 141 Å². The Morgan fingerprint density at radius 2 is 1.83 bits per heavy atom. The molecular formula is C15H12BrFO5S. The lowest BCUT2D eigenvalue weighted by atomic mass is 10.1. The molecule has 0 aliphatic heterocycles. The van der Waals surface area contributed by atoms with Gasteiger partial charge in [-0.1, -0.05) is 28.1 Å². The number of hydrogen-bond acceptors (Lipinski definition) is 5. The van der Waals surface area contributed by atoms with E-state index in [0.29, 0.717) is 10.0 Å². The molecule has 0 heterocycles. The third-order valence-corrected chi connectivity index (χ3v) is 4.62. The van der Waals surface area contributed by atoms with Crippen molar-refractivity contribution >= 4 is 32.0 Å². The molecule has 0 radical (unpaired) electrons. The van der Waals surface area contributed by atoms with Gasteiger partial charge in [0.2, 0.25) is 0 Å². The van der Waals surface area contributed by atoms with Crippen LogP contribution in [0.3, 0.4) is 0 Å². The van der Waals surface area contributed by atoms with Crippen LogP contribution < -0.4 is 4.18 Å². The van der Waals surface area contributed by atoms with Crippen LogP contribution in [0.5, 0.6) is 5.75 Å². The van der Waals surface area contributed by atoms with E-state index >= 15 is 0 Å². The van der Waals surface area contributed by atoms with Crippen LogP contribution in [0.2, 0.25) is 0 Å². The van der Waals surface area contributed by atoms with Crippen molar-refractivity contribution in [3.63, 3.8) is 0 Å². The zero-order valence-corrected chi connectivity index (χ0v) is 14.4. The average Bonchev–Trinajstić information content (AvgIpc) is 2.51. The highest BCUT2D eigenvalue weighted by atomic mass is 79.9. The molecule has 0 aromatic heterocycles. The van der Waals surface area contributed by atoms with Gasteiger partial charge in [-0.15, -0.1) is 0 Å². The number of rotatable bonds is 5. The predicted octanol–water partition coefficient (Wildman–Crippen LogP) is 3.07. The van der Waals surface area contributed by atoms with Gasteiger partial charge in [0.25, 0.3) is 0 Å². The summed E-state index contributed by atoms with van der Waals surface area (Å²) in [5.41, 5.74) is 0.634. The molecule has 0 bridgehead atoms. The van der Waals surface area contributed by atoms with E-state index in [9.17, 15) is 17.6 Å².